The third-order valence-electron chi connectivity index (χ3n) is 7.42. The summed E-state index contributed by atoms with van der Waals surface area (Å²) in [7, 11) is -4.06. The first kappa shape index (κ1) is 30.0. The Kier molecular flexibility index (Phi) is 10.2. The summed E-state index contributed by atoms with van der Waals surface area (Å²) in [4.78, 5) is 11.6. The van der Waals surface area contributed by atoms with Crippen LogP contribution >= 0.6 is 12.4 Å². The lowest BCUT2D eigenvalue weighted by Gasteiger charge is -2.29. The van der Waals surface area contributed by atoms with Gasteiger partial charge in [-0.2, -0.15) is 4.31 Å². The highest BCUT2D eigenvalue weighted by Gasteiger charge is 2.41. The van der Waals surface area contributed by atoms with Gasteiger partial charge in [-0.25, -0.2) is 17.2 Å². The Morgan fingerprint density at radius 1 is 1.24 bits per heavy atom. The van der Waals surface area contributed by atoms with Gasteiger partial charge in [0.1, 0.15) is 22.8 Å². The fourth-order valence-electron chi connectivity index (χ4n) is 5.37. The second kappa shape index (κ2) is 12.5. The van der Waals surface area contributed by atoms with Gasteiger partial charge in [-0.15, -0.1) is 12.4 Å². The lowest BCUT2D eigenvalue weighted by atomic mass is 9.92. The molecule has 2 heterocycles. The van der Waals surface area contributed by atoms with Crippen LogP contribution in [0.5, 0.6) is 5.75 Å². The number of carboxylic acid groups (broad SMARTS) is 1. The van der Waals surface area contributed by atoms with E-state index in [-0.39, 0.29) is 67.1 Å². The van der Waals surface area contributed by atoms with Gasteiger partial charge in [0.2, 0.25) is 15.9 Å². The highest BCUT2D eigenvalue weighted by molar-refractivity contribution is 7.89. The van der Waals surface area contributed by atoms with Crippen molar-refractivity contribution in [2.75, 3.05) is 19.7 Å². The second-order valence-electron chi connectivity index (χ2n) is 10.1. The molecule has 0 bridgehead atoms. The molecule has 3 fully saturated rings. The van der Waals surface area contributed by atoms with Gasteiger partial charge in [0, 0.05) is 31.8 Å². The van der Waals surface area contributed by atoms with E-state index in [2.05, 4.69) is 5.32 Å². The summed E-state index contributed by atoms with van der Waals surface area (Å²) in [6.45, 7) is 3.20. The summed E-state index contributed by atoms with van der Waals surface area (Å²) in [5.74, 6) is -3.47. The van der Waals surface area contributed by atoms with E-state index in [9.17, 15) is 27.1 Å². The Morgan fingerprint density at radius 2 is 1.97 bits per heavy atom. The first-order chi connectivity index (χ1) is 17.1. The van der Waals surface area contributed by atoms with Gasteiger partial charge in [0.15, 0.2) is 0 Å². The lowest BCUT2D eigenvalue weighted by molar-refractivity contribution is -0.140. The molecular weight excluding hydrogens is 530 g/mol. The number of aryl methyl sites for hydroxylation is 1. The number of benzene rings is 1. The van der Waals surface area contributed by atoms with Crippen molar-refractivity contribution < 1.29 is 36.6 Å². The van der Waals surface area contributed by atoms with Crippen molar-refractivity contribution >= 4 is 28.4 Å². The summed E-state index contributed by atoms with van der Waals surface area (Å²) in [5, 5.41) is 12.9. The first-order valence-electron chi connectivity index (χ1n) is 12.8. The highest BCUT2D eigenvalue weighted by Crippen LogP contribution is 2.35. The minimum Gasteiger partial charge on any atom is -0.486 e. The molecule has 3 aliphatic rings. The zero-order valence-corrected chi connectivity index (χ0v) is 22.7. The standard InChI is InChI=1S/C25H36F2N2O6S.ClH/c1-17-6-7-23(36(32,33)29-14-3-4-19(29)24(30)31)22(16-17)35-21-10-15-34-20(21)5-2-13-28-18-8-11-25(26,27)12-9-18;/h6-7,16,18-21,28H,2-5,8-15H2,1H3,(H,30,31);1H/t19-,20+,21+;/m0./s1. The van der Waals surface area contributed by atoms with Crippen LogP contribution in [0.1, 0.15) is 63.4 Å². The van der Waals surface area contributed by atoms with Crippen molar-refractivity contribution in [3.05, 3.63) is 23.8 Å². The van der Waals surface area contributed by atoms with Gasteiger partial charge < -0.3 is 19.9 Å². The van der Waals surface area contributed by atoms with Gasteiger partial charge in [-0.3, -0.25) is 4.79 Å². The van der Waals surface area contributed by atoms with Crippen molar-refractivity contribution in [1.82, 2.24) is 9.62 Å². The van der Waals surface area contributed by atoms with E-state index in [0.29, 0.717) is 45.3 Å². The average molecular weight is 567 g/mol. The molecule has 0 amide bonds. The molecule has 1 saturated carbocycles. The summed E-state index contributed by atoms with van der Waals surface area (Å²) in [6.07, 6.45) is 3.14. The van der Waals surface area contributed by atoms with Gasteiger partial charge in [0.25, 0.3) is 0 Å². The number of nitrogens with one attached hydrogen (secondary N) is 1. The molecular formula is C25H37ClF2N2O6S. The van der Waals surface area contributed by atoms with Gasteiger partial charge >= 0.3 is 5.97 Å². The zero-order valence-electron chi connectivity index (χ0n) is 21.0. The molecule has 37 heavy (non-hydrogen) atoms. The number of carboxylic acids is 1. The van der Waals surface area contributed by atoms with E-state index < -0.39 is 28.0 Å². The van der Waals surface area contributed by atoms with Gasteiger partial charge in [-0.05, 0) is 69.7 Å². The van der Waals surface area contributed by atoms with E-state index in [4.69, 9.17) is 9.47 Å². The maximum atomic E-state index is 13.4. The third kappa shape index (κ3) is 7.32. The molecule has 0 aromatic heterocycles. The van der Waals surface area contributed by atoms with Crippen molar-refractivity contribution in [2.24, 2.45) is 0 Å². The van der Waals surface area contributed by atoms with E-state index in [1.54, 1.807) is 12.1 Å². The van der Waals surface area contributed by atoms with Crippen LogP contribution in [0.15, 0.2) is 23.1 Å². The minimum atomic E-state index is -4.06. The molecule has 8 nitrogen and oxygen atoms in total. The van der Waals surface area contributed by atoms with Crippen LogP contribution in [0.4, 0.5) is 8.78 Å². The quantitative estimate of drug-likeness (QED) is 0.410. The number of hydrogen-bond donors (Lipinski definition) is 2. The maximum absolute atomic E-state index is 13.4. The molecule has 2 saturated heterocycles. The Labute approximate surface area is 223 Å². The maximum Gasteiger partial charge on any atom is 0.322 e. The second-order valence-corrected chi connectivity index (χ2v) is 12.0. The average Bonchev–Trinajstić information content (AvgIpc) is 3.48. The molecule has 1 aromatic carbocycles. The zero-order chi connectivity index (χ0) is 25.9. The van der Waals surface area contributed by atoms with Gasteiger partial charge in [-0.1, -0.05) is 6.07 Å². The number of hydrogen-bond acceptors (Lipinski definition) is 6. The van der Waals surface area contributed by atoms with Crippen LogP contribution in [-0.4, -0.2) is 73.7 Å². The molecule has 210 valence electrons. The summed E-state index contributed by atoms with van der Waals surface area (Å²) >= 11 is 0. The number of alkyl halides is 2. The topological polar surface area (TPSA) is 105 Å². The number of nitrogens with zero attached hydrogens (tertiary/aromatic N) is 1. The Hall–Kier alpha value is -1.53. The smallest absolute Gasteiger partial charge is 0.322 e. The number of carbonyl (C=O) groups is 1. The monoisotopic (exact) mass is 566 g/mol. The van der Waals surface area contributed by atoms with Crippen LogP contribution in [0, 0.1) is 6.92 Å². The number of ether oxygens (including phenoxy) is 2. The molecule has 0 spiro atoms. The summed E-state index contributed by atoms with van der Waals surface area (Å²) in [6, 6.07) is 3.88. The van der Waals surface area contributed by atoms with Crippen LogP contribution < -0.4 is 10.1 Å². The molecule has 0 radical (unpaired) electrons. The highest BCUT2D eigenvalue weighted by atomic mass is 35.5. The molecule has 3 atom stereocenters. The number of aliphatic carboxylic acids is 1. The van der Waals surface area contributed by atoms with Crippen LogP contribution in [0.2, 0.25) is 0 Å². The van der Waals surface area contributed by atoms with Crippen molar-refractivity contribution in [3.63, 3.8) is 0 Å². The van der Waals surface area contributed by atoms with Crippen molar-refractivity contribution in [3.8, 4) is 5.75 Å². The summed E-state index contributed by atoms with van der Waals surface area (Å²) < 4.78 is 66.7. The predicted molar refractivity (Wildman–Crippen MR) is 136 cm³/mol. The number of halogens is 3. The van der Waals surface area contributed by atoms with Gasteiger partial charge in [0.05, 0.1) is 12.7 Å². The fourth-order valence-corrected chi connectivity index (χ4v) is 7.13. The summed E-state index contributed by atoms with van der Waals surface area (Å²) in [5.41, 5.74) is 0.831. The number of rotatable bonds is 10. The van der Waals surface area contributed by atoms with E-state index in [0.717, 1.165) is 16.3 Å². The molecule has 2 aliphatic heterocycles. The van der Waals surface area contributed by atoms with Crippen molar-refractivity contribution in [1.29, 1.82) is 0 Å². The van der Waals surface area contributed by atoms with Crippen LogP contribution in [-0.2, 0) is 19.6 Å². The fraction of sp³-hybridized carbons (Fsp3) is 0.720. The lowest BCUT2D eigenvalue weighted by Crippen LogP contribution is -2.40. The minimum absolute atomic E-state index is 0. The Morgan fingerprint density at radius 3 is 2.68 bits per heavy atom. The predicted octanol–water partition coefficient (Wildman–Crippen LogP) is 4.14. The SMILES string of the molecule is Cc1ccc(S(=O)(=O)N2CCC[C@H]2C(=O)O)c(O[C@@H]2CCO[C@@H]2CCCNC2CCC(F)(F)CC2)c1.Cl. The third-order valence-corrected chi connectivity index (χ3v) is 9.37. The molecule has 2 N–H and O–H groups in total. The molecule has 4 rings (SSSR count). The first-order valence-corrected chi connectivity index (χ1v) is 14.3. The Balaban J connectivity index is 0.00000380. The van der Waals surface area contributed by atoms with Crippen LogP contribution in [0.25, 0.3) is 0 Å². The Bertz CT molecular complexity index is 1030. The molecule has 12 heteroatoms. The van der Waals surface area contributed by atoms with E-state index in [1.807, 2.05) is 6.92 Å². The molecule has 1 aromatic rings. The normalized spacial score (nSPS) is 26.6. The van der Waals surface area contributed by atoms with Crippen molar-refractivity contribution in [2.45, 2.75) is 99.8 Å². The van der Waals surface area contributed by atoms with E-state index >= 15 is 0 Å². The number of sulfonamides is 1. The largest absolute Gasteiger partial charge is 0.486 e. The van der Waals surface area contributed by atoms with Crippen LogP contribution in [0.3, 0.4) is 0 Å². The molecule has 1 aliphatic carbocycles. The molecule has 0 unspecified atom stereocenters. The van der Waals surface area contributed by atoms with E-state index in [1.165, 1.54) is 6.07 Å².